The number of ether oxygens (including phenoxy) is 1. The number of hydrogen-bond donors (Lipinski definition) is 3. The number of aliphatic hydroxyl groups is 2. The summed E-state index contributed by atoms with van der Waals surface area (Å²) < 4.78 is 5.47. The molecule has 0 aromatic carbocycles. The molecule has 6 nitrogen and oxygen atoms in total. The van der Waals surface area contributed by atoms with E-state index >= 15 is 0 Å². The zero-order valence-electron chi connectivity index (χ0n) is 41.8. The zero-order chi connectivity index (χ0) is 45.8. The van der Waals surface area contributed by atoms with Gasteiger partial charge in [0.1, 0.15) is 0 Å². The third-order valence-corrected chi connectivity index (χ3v) is 12.3. The van der Waals surface area contributed by atoms with Gasteiger partial charge in [-0.1, -0.05) is 223 Å². The van der Waals surface area contributed by atoms with Crippen LogP contribution in [0.1, 0.15) is 277 Å². The van der Waals surface area contributed by atoms with Crippen LogP contribution in [-0.2, 0) is 14.3 Å². The number of carbonyl (C=O) groups is 2. The Hall–Kier alpha value is -2.18. The third kappa shape index (κ3) is 49.1. The summed E-state index contributed by atoms with van der Waals surface area (Å²) in [5, 5.41) is 22.9. The standard InChI is InChI=1S/C57H105NO5/c1-3-5-7-9-11-13-14-15-16-21-25-28-31-35-39-43-47-51-57(62)63-52-48-44-40-36-32-29-26-23-20-18-17-19-22-24-27-30-34-38-42-46-50-56(61)58-54(53-59)55(60)49-45-41-37-33-12-10-8-6-4-2/h11,13,15-17,19,45,49,54-55,59-60H,3-10,12,14,18,20-44,46-48,50-53H2,1-2H3,(H,58,61)/b13-11-,16-15-,19-17-,49-45+. The number of carbonyl (C=O) groups excluding carboxylic acids is 2. The van der Waals surface area contributed by atoms with Crippen molar-refractivity contribution in [1.29, 1.82) is 0 Å². The molecule has 6 heteroatoms. The van der Waals surface area contributed by atoms with Gasteiger partial charge >= 0.3 is 5.97 Å². The van der Waals surface area contributed by atoms with Crippen LogP contribution >= 0.6 is 0 Å². The van der Waals surface area contributed by atoms with Crippen LogP contribution in [0.25, 0.3) is 0 Å². The summed E-state index contributed by atoms with van der Waals surface area (Å²) in [6, 6.07) is -0.633. The van der Waals surface area contributed by atoms with E-state index < -0.39 is 12.1 Å². The lowest BCUT2D eigenvalue weighted by Crippen LogP contribution is -2.45. The number of rotatable bonds is 50. The molecule has 63 heavy (non-hydrogen) atoms. The molecule has 2 atom stereocenters. The average Bonchev–Trinajstić information content (AvgIpc) is 3.28. The van der Waals surface area contributed by atoms with Gasteiger partial charge in [0.15, 0.2) is 0 Å². The smallest absolute Gasteiger partial charge is 0.305 e. The first-order chi connectivity index (χ1) is 31.0. The molecular formula is C57H105NO5. The molecule has 0 aliphatic rings. The van der Waals surface area contributed by atoms with Gasteiger partial charge < -0.3 is 20.3 Å². The zero-order valence-corrected chi connectivity index (χ0v) is 41.8. The number of amides is 1. The van der Waals surface area contributed by atoms with E-state index in [9.17, 15) is 19.8 Å². The van der Waals surface area contributed by atoms with Crippen molar-refractivity contribution < 1.29 is 24.5 Å². The van der Waals surface area contributed by atoms with E-state index in [1.165, 1.54) is 193 Å². The second-order valence-electron chi connectivity index (χ2n) is 18.5. The van der Waals surface area contributed by atoms with Gasteiger partial charge in [-0.25, -0.2) is 0 Å². The van der Waals surface area contributed by atoms with Crippen molar-refractivity contribution in [1.82, 2.24) is 5.32 Å². The Morgan fingerprint density at radius 1 is 0.444 bits per heavy atom. The Morgan fingerprint density at radius 2 is 0.794 bits per heavy atom. The predicted molar refractivity (Wildman–Crippen MR) is 273 cm³/mol. The number of nitrogens with one attached hydrogen (secondary N) is 1. The molecule has 0 aromatic heterocycles. The Labute approximate surface area is 391 Å². The van der Waals surface area contributed by atoms with Crippen LogP contribution < -0.4 is 5.32 Å². The van der Waals surface area contributed by atoms with Gasteiger partial charge in [-0.05, 0) is 89.9 Å². The second-order valence-corrected chi connectivity index (χ2v) is 18.5. The lowest BCUT2D eigenvalue weighted by molar-refractivity contribution is -0.143. The first-order valence-electron chi connectivity index (χ1n) is 27.4. The molecule has 0 heterocycles. The Balaban J connectivity index is 3.43. The fourth-order valence-electron chi connectivity index (χ4n) is 8.07. The van der Waals surface area contributed by atoms with E-state index in [4.69, 9.17) is 4.74 Å². The number of hydrogen-bond acceptors (Lipinski definition) is 5. The lowest BCUT2D eigenvalue weighted by Gasteiger charge is -2.20. The Kier molecular flexibility index (Phi) is 50.6. The maximum absolute atomic E-state index is 12.4. The van der Waals surface area contributed by atoms with Crippen LogP contribution in [-0.4, -0.2) is 47.4 Å². The monoisotopic (exact) mass is 884 g/mol. The van der Waals surface area contributed by atoms with Crippen LogP contribution in [0.4, 0.5) is 0 Å². The molecule has 0 spiro atoms. The third-order valence-electron chi connectivity index (χ3n) is 12.3. The number of aliphatic hydroxyl groups excluding tert-OH is 2. The molecule has 0 aliphatic carbocycles. The molecule has 0 saturated heterocycles. The summed E-state index contributed by atoms with van der Waals surface area (Å²) in [6.07, 6.45) is 65.6. The molecule has 368 valence electrons. The van der Waals surface area contributed by atoms with E-state index in [0.29, 0.717) is 19.4 Å². The quantitative estimate of drug-likeness (QED) is 0.0321. The minimum absolute atomic E-state index is 0.00320. The highest BCUT2D eigenvalue weighted by Gasteiger charge is 2.18. The summed E-state index contributed by atoms with van der Waals surface area (Å²) in [5.74, 6) is -0.0838. The second kappa shape index (κ2) is 52.4. The van der Waals surface area contributed by atoms with Crippen molar-refractivity contribution in [3.05, 3.63) is 48.6 Å². The van der Waals surface area contributed by atoms with Gasteiger partial charge in [0.05, 0.1) is 25.4 Å². The molecular weight excluding hydrogens is 779 g/mol. The van der Waals surface area contributed by atoms with Gasteiger partial charge in [-0.15, -0.1) is 0 Å². The number of unbranched alkanes of at least 4 members (excludes halogenated alkanes) is 33. The fourth-order valence-corrected chi connectivity index (χ4v) is 8.07. The summed E-state index contributed by atoms with van der Waals surface area (Å²) in [7, 11) is 0. The minimum atomic E-state index is -0.848. The van der Waals surface area contributed by atoms with Gasteiger partial charge in [0, 0.05) is 12.8 Å². The Bertz CT molecular complexity index is 1070. The van der Waals surface area contributed by atoms with Gasteiger partial charge in [-0.3, -0.25) is 9.59 Å². The van der Waals surface area contributed by atoms with Crippen LogP contribution in [0, 0.1) is 0 Å². The topological polar surface area (TPSA) is 95.9 Å². The fraction of sp³-hybridized carbons (Fsp3) is 0.825. The van der Waals surface area contributed by atoms with Crippen LogP contribution in [0.5, 0.6) is 0 Å². The lowest BCUT2D eigenvalue weighted by atomic mass is 10.1. The van der Waals surface area contributed by atoms with Gasteiger partial charge in [-0.2, -0.15) is 0 Å². The first-order valence-corrected chi connectivity index (χ1v) is 27.4. The molecule has 0 saturated carbocycles. The van der Waals surface area contributed by atoms with E-state index in [-0.39, 0.29) is 18.5 Å². The molecule has 0 rings (SSSR count). The minimum Gasteiger partial charge on any atom is -0.466 e. The van der Waals surface area contributed by atoms with E-state index in [0.717, 1.165) is 57.8 Å². The van der Waals surface area contributed by atoms with Gasteiger partial charge in [0.25, 0.3) is 0 Å². The predicted octanol–water partition coefficient (Wildman–Crippen LogP) is 16.6. The normalized spacial score (nSPS) is 13.0. The van der Waals surface area contributed by atoms with E-state index in [1.807, 2.05) is 6.08 Å². The van der Waals surface area contributed by atoms with E-state index in [1.54, 1.807) is 6.08 Å². The summed E-state index contributed by atoms with van der Waals surface area (Å²) in [6.45, 7) is 4.83. The Morgan fingerprint density at radius 3 is 1.25 bits per heavy atom. The molecule has 0 fully saturated rings. The molecule has 0 bridgehead atoms. The van der Waals surface area contributed by atoms with Crippen molar-refractivity contribution in [3.8, 4) is 0 Å². The molecule has 0 radical (unpaired) electrons. The number of esters is 1. The molecule has 1 amide bonds. The van der Waals surface area contributed by atoms with Crippen molar-refractivity contribution in [2.75, 3.05) is 13.2 Å². The van der Waals surface area contributed by atoms with Crippen molar-refractivity contribution >= 4 is 11.9 Å². The molecule has 0 aliphatic heterocycles. The number of allylic oxidation sites excluding steroid dienone is 7. The highest BCUT2D eigenvalue weighted by Crippen LogP contribution is 2.15. The largest absolute Gasteiger partial charge is 0.466 e. The van der Waals surface area contributed by atoms with Gasteiger partial charge in [0.2, 0.25) is 5.91 Å². The maximum Gasteiger partial charge on any atom is 0.305 e. The maximum atomic E-state index is 12.4. The SMILES string of the molecule is CCCCC/C=C\C/C=C\CCCCCCCCCC(=O)OCCCCCCCCCCC/C=C\CCCCCCCCCC(=O)NC(CO)C(O)/C=C/CCCCCCCCC. The summed E-state index contributed by atoms with van der Waals surface area (Å²) >= 11 is 0. The summed E-state index contributed by atoms with van der Waals surface area (Å²) in [4.78, 5) is 24.4. The summed E-state index contributed by atoms with van der Waals surface area (Å²) in [5.41, 5.74) is 0. The average molecular weight is 884 g/mol. The molecule has 0 aromatic rings. The van der Waals surface area contributed by atoms with E-state index in [2.05, 4.69) is 55.6 Å². The van der Waals surface area contributed by atoms with Crippen molar-refractivity contribution in [2.24, 2.45) is 0 Å². The van der Waals surface area contributed by atoms with Crippen LogP contribution in [0.3, 0.4) is 0 Å². The van der Waals surface area contributed by atoms with Crippen molar-refractivity contribution in [2.45, 2.75) is 289 Å². The highest BCUT2D eigenvalue weighted by atomic mass is 16.5. The highest BCUT2D eigenvalue weighted by molar-refractivity contribution is 5.76. The van der Waals surface area contributed by atoms with Crippen LogP contribution in [0.2, 0.25) is 0 Å². The molecule has 3 N–H and O–H groups in total. The van der Waals surface area contributed by atoms with Crippen molar-refractivity contribution in [3.63, 3.8) is 0 Å². The first kappa shape index (κ1) is 60.8. The molecule has 2 unspecified atom stereocenters. The van der Waals surface area contributed by atoms with Crippen LogP contribution in [0.15, 0.2) is 48.6 Å².